The summed E-state index contributed by atoms with van der Waals surface area (Å²) in [6.45, 7) is 7.64. The number of rotatable bonds is 6. The third-order valence-electron chi connectivity index (χ3n) is 3.68. The molecule has 0 saturated heterocycles. The quantitative estimate of drug-likeness (QED) is 0.734. The Kier molecular flexibility index (Phi) is 6.49. The molecule has 25 heavy (non-hydrogen) atoms. The number of aliphatic hydroxyl groups is 1. The maximum absolute atomic E-state index is 12.0. The van der Waals surface area contributed by atoms with Crippen LogP contribution in [-0.4, -0.2) is 35.6 Å². The highest BCUT2D eigenvalue weighted by atomic mass is 35.5. The minimum absolute atomic E-state index is 0.00229. The smallest absolute Gasteiger partial charge is 0.228 e. The number of halogens is 2. The second-order valence-corrected chi connectivity index (χ2v) is 7.38. The van der Waals surface area contributed by atoms with Crippen LogP contribution in [0.4, 0.5) is 0 Å². The lowest BCUT2D eigenvalue weighted by Gasteiger charge is -2.18. The fourth-order valence-electron chi connectivity index (χ4n) is 2.67. The molecule has 1 atom stereocenters. The highest BCUT2D eigenvalue weighted by Gasteiger charge is 2.28. The first-order valence-corrected chi connectivity index (χ1v) is 8.74. The molecule has 1 aromatic rings. The number of nitrogens with zero attached hydrogens (tertiary/aromatic N) is 1. The van der Waals surface area contributed by atoms with Crippen molar-refractivity contribution in [3.8, 4) is 5.75 Å². The number of nitrogens with one attached hydrogen (secondary N) is 1. The zero-order chi connectivity index (χ0) is 18.6. The zero-order valence-electron chi connectivity index (χ0n) is 14.3. The maximum atomic E-state index is 12.0. The second kappa shape index (κ2) is 8.21. The summed E-state index contributed by atoms with van der Waals surface area (Å²) >= 11 is 12.5. The Bertz CT molecular complexity index is 696. The van der Waals surface area contributed by atoms with E-state index in [9.17, 15) is 9.90 Å². The van der Waals surface area contributed by atoms with Crippen molar-refractivity contribution in [1.29, 1.82) is 0 Å². The van der Waals surface area contributed by atoms with Crippen LogP contribution in [0.3, 0.4) is 0 Å². The lowest BCUT2D eigenvalue weighted by Crippen LogP contribution is -2.35. The first-order chi connectivity index (χ1) is 11.7. The Morgan fingerprint density at radius 1 is 1.52 bits per heavy atom. The van der Waals surface area contributed by atoms with E-state index in [1.54, 1.807) is 32.1 Å². The van der Waals surface area contributed by atoms with Crippen molar-refractivity contribution in [2.75, 3.05) is 13.2 Å². The molecule has 1 aromatic carbocycles. The van der Waals surface area contributed by atoms with Crippen LogP contribution in [0.1, 0.15) is 38.2 Å². The Labute approximate surface area is 157 Å². The van der Waals surface area contributed by atoms with Gasteiger partial charge in [0.1, 0.15) is 18.2 Å². The predicted octanol–water partition coefficient (Wildman–Crippen LogP) is 3.72. The summed E-state index contributed by atoms with van der Waals surface area (Å²) in [5.41, 5.74) is -0.281. The van der Waals surface area contributed by atoms with Gasteiger partial charge in [-0.1, -0.05) is 35.9 Å². The van der Waals surface area contributed by atoms with Gasteiger partial charge in [0.15, 0.2) is 0 Å². The summed E-state index contributed by atoms with van der Waals surface area (Å²) in [5, 5.41) is 13.4. The third kappa shape index (κ3) is 5.46. The fourth-order valence-corrected chi connectivity index (χ4v) is 3.14. The van der Waals surface area contributed by atoms with Gasteiger partial charge in [-0.2, -0.15) is 0 Å². The number of ether oxygens (including phenoxy) is 1. The molecule has 1 unspecified atom stereocenters. The number of aliphatic imine (C=N–C) groups is 1. The third-order valence-corrected chi connectivity index (χ3v) is 4.50. The van der Waals surface area contributed by atoms with E-state index in [0.29, 0.717) is 41.2 Å². The van der Waals surface area contributed by atoms with E-state index in [1.165, 1.54) is 0 Å². The SMILES string of the molecule is C=CCOc1ccc(Cl)c(Cl)c1C1CN=C(NC(=O)CC(C)(C)O)C1. The van der Waals surface area contributed by atoms with Crippen molar-refractivity contribution in [3.63, 3.8) is 0 Å². The van der Waals surface area contributed by atoms with Gasteiger partial charge in [-0.3, -0.25) is 9.79 Å². The van der Waals surface area contributed by atoms with Crippen LogP contribution in [0.2, 0.25) is 10.0 Å². The van der Waals surface area contributed by atoms with E-state index >= 15 is 0 Å². The van der Waals surface area contributed by atoms with Gasteiger partial charge in [-0.05, 0) is 26.0 Å². The minimum Gasteiger partial charge on any atom is -0.489 e. The second-order valence-electron chi connectivity index (χ2n) is 6.60. The van der Waals surface area contributed by atoms with Gasteiger partial charge in [0, 0.05) is 24.4 Å². The number of hydrogen-bond acceptors (Lipinski definition) is 4. The van der Waals surface area contributed by atoms with E-state index in [4.69, 9.17) is 27.9 Å². The molecule has 1 heterocycles. The van der Waals surface area contributed by atoms with Crippen molar-refractivity contribution < 1.29 is 14.6 Å². The van der Waals surface area contributed by atoms with Crippen LogP contribution in [0.5, 0.6) is 5.75 Å². The number of hydrogen-bond donors (Lipinski definition) is 2. The molecule has 1 amide bonds. The molecule has 0 aromatic heterocycles. The predicted molar refractivity (Wildman–Crippen MR) is 101 cm³/mol. The average Bonchev–Trinajstić information content (AvgIpc) is 2.94. The number of amides is 1. The van der Waals surface area contributed by atoms with Gasteiger partial charge in [0.05, 0.1) is 22.1 Å². The molecule has 2 rings (SSSR count). The fraction of sp³-hybridized carbons (Fsp3) is 0.444. The molecule has 136 valence electrons. The first kappa shape index (κ1) is 19.8. The molecule has 0 radical (unpaired) electrons. The van der Waals surface area contributed by atoms with Crippen molar-refractivity contribution in [3.05, 3.63) is 40.4 Å². The minimum atomic E-state index is -1.06. The number of carbonyl (C=O) groups is 1. The summed E-state index contributed by atoms with van der Waals surface area (Å²) in [6, 6.07) is 3.46. The van der Waals surface area contributed by atoms with E-state index in [0.717, 1.165) is 5.56 Å². The monoisotopic (exact) mass is 384 g/mol. The summed E-state index contributed by atoms with van der Waals surface area (Å²) in [4.78, 5) is 16.3. The molecule has 0 spiro atoms. The maximum Gasteiger partial charge on any atom is 0.228 e. The standard InChI is InChI=1S/C18H22Cl2N2O3/c1-4-7-25-13-6-5-12(19)17(20)16(13)11-8-14(21-10-11)22-15(23)9-18(2,3)24/h4-6,11,24H,1,7-10H2,2-3H3,(H,21,22,23). The molecule has 1 aliphatic rings. The molecular formula is C18H22Cl2N2O3. The van der Waals surface area contributed by atoms with Crippen LogP contribution in [-0.2, 0) is 4.79 Å². The van der Waals surface area contributed by atoms with Crippen LogP contribution in [0, 0.1) is 0 Å². The highest BCUT2D eigenvalue weighted by Crippen LogP contribution is 2.41. The number of carbonyl (C=O) groups excluding carboxylic acids is 1. The van der Waals surface area contributed by atoms with Gasteiger partial charge in [0.25, 0.3) is 0 Å². The van der Waals surface area contributed by atoms with Gasteiger partial charge < -0.3 is 15.2 Å². The van der Waals surface area contributed by atoms with Gasteiger partial charge >= 0.3 is 0 Å². The molecule has 0 bridgehead atoms. The Balaban J connectivity index is 2.11. The molecular weight excluding hydrogens is 363 g/mol. The van der Waals surface area contributed by atoms with Gasteiger partial charge in [-0.25, -0.2) is 0 Å². The lowest BCUT2D eigenvalue weighted by molar-refractivity contribution is -0.123. The van der Waals surface area contributed by atoms with Gasteiger partial charge in [0.2, 0.25) is 5.91 Å². The normalized spacial score (nSPS) is 17.2. The largest absolute Gasteiger partial charge is 0.489 e. The topological polar surface area (TPSA) is 70.9 Å². The van der Waals surface area contributed by atoms with Crippen LogP contribution in [0.15, 0.2) is 29.8 Å². The molecule has 0 saturated carbocycles. The van der Waals surface area contributed by atoms with Crippen LogP contribution < -0.4 is 10.1 Å². The van der Waals surface area contributed by atoms with E-state index in [1.807, 2.05) is 0 Å². The number of benzene rings is 1. The van der Waals surface area contributed by atoms with Gasteiger partial charge in [-0.15, -0.1) is 0 Å². The molecule has 5 nitrogen and oxygen atoms in total. The molecule has 0 fully saturated rings. The van der Waals surface area contributed by atoms with Crippen LogP contribution in [0.25, 0.3) is 0 Å². The van der Waals surface area contributed by atoms with E-state index < -0.39 is 5.60 Å². The molecule has 2 N–H and O–H groups in total. The van der Waals surface area contributed by atoms with Crippen molar-refractivity contribution in [2.45, 2.75) is 38.2 Å². The average molecular weight is 385 g/mol. The summed E-state index contributed by atoms with van der Waals surface area (Å²) in [5.74, 6) is 0.902. The lowest BCUT2D eigenvalue weighted by atomic mass is 9.96. The van der Waals surface area contributed by atoms with Crippen LogP contribution >= 0.6 is 23.2 Å². The summed E-state index contributed by atoms with van der Waals surface area (Å²) in [7, 11) is 0. The highest BCUT2D eigenvalue weighted by molar-refractivity contribution is 6.42. The molecule has 7 heteroatoms. The Morgan fingerprint density at radius 3 is 2.88 bits per heavy atom. The Hall–Kier alpha value is -1.56. The zero-order valence-corrected chi connectivity index (χ0v) is 15.8. The molecule has 0 aliphatic carbocycles. The van der Waals surface area contributed by atoms with E-state index in [2.05, 4.69) is 16.9 Å². The number of amidine groups is 1. The Morgan fingerprint density at radius 2 is 2.24 bits per heavy atom. The molecule has 1 aliphatic heterocycles. The van der Waals surface area contributed by atoms with E-state index in [-0.39, 0.29) is 18.2 Å². The van der Waals surface area contributed by atoms with Crippen molar-refractivity contribution >= 4 is 34.9 Å². The first-order valence-electron chi connectivity index (χ1n) is 7.98. The van der Waals surface area contributed by atoms with Crippen molar-refractivity contribution in [2.24, 2.45) is 4.99 Å². The summed E-state index contributed by atoms with van der Waals surface area (Å²) < 4.78 is 5.68. The summed E-state index contributed by atoms with van der Waals surface area (Å²) in [6.07, 6.45) is 2.17. The van der Waals surface area contributed by atoms with Crippen molar-refractivity contribution in [1.82, 2.24) is 5.32 Å².